The van der Waals surface area contributed by atoms with E-state index in [4.69, 9.17) is 14.2 Å². The maximum Gasteiger partial charge on any atom is 0.329 e. The summed E-state index contributed by atoms with van der Waals surface area (Å²) in [5.41, 5.74) is 0.438. The van der Waals surface area contributed by atoms with Gasteiger partial charge >= 0.3 is 5.97 Å². The number of methoxy groups -OCH3 is 2. The lowest BCUT2D eigenvalue weighted by Crippen LogP contribution is -2.46. The second kappa shape index (κ2) is 9.36. The normalized spacial score (nSPS) is 22.4. The van der Waals surface area contributed by atoms with Crippen LogP contribution in [0, 0.1) is 11.8 Å². The van der Waals surface area contributed by atoms with Crippen molar-refractivity contribution in [1.82, 2.24) is 4.90 Å². The van der Waals surface area contributed by atoms with Crippen LogP contribution in [0.1, 0.15) is 39.5 Å². The summed E-state index contributed by atoms with van der Waals surface area (Å²) in [6, 6.07) is 3.76. The average molecular weight is 432 g/mol. The highest BCUT2D eigenvalue weighted by molar-refractivity contribution is 6.08. The number of benzene rings is 1. The largest absolute Gasteiger partial charge is 0.493 e. The van der Waals surface area contributed by atoms with E-state index in [-0.39, 0.29) is 23.7 Å². The molecular formula is C22H28N2O7. The summed E-state index contributed by atoms with van der Waals surface area (Å²) in [4.78, 5) is 51.4. The number of carbonyl (C=O) groups is 4. The molecule has 1 saturated heterocycles. The van der Waals surface area contributed by atoms with Gasteiger partial charge in [0.25, 0.3) is 5.91 Å². The molecule has 3 amide bonds. The fourth-order valence-corrected chi connectivity index (χ4v) is 4.16. The van der Waals surface area contributed by atoms with Crippen molar-refractivity contribution in [3.63, 3.8) is 0 Å². The fourth-order valence-electron chi connectivity index (χ4n) is 4.16. The Hall–Kier alpha value is -3.10. The smallest absolute Gasteiger partial charge is 0.329 e. The Labute approximate surface area is 181 Å². The van der Waals surface area contributed by atoms with Crippen LogP contribution in [0.4, 0.5) is 5.69 Å². The second-order valence-electron chi connectivity index (χ2n) is 7.86. The van der Waals surface area contributed by atoms with Crippen LogP contribution in [-0.4, -0.2) is 55.0 Å². The maximum atomic E-state index is 12.7. The standard InChI is InChI=1S/C22H28N2O7/c1-12(24-20(26)15-7-5-6-8-16(15)21(24)27)22(28)31-13(2)19(25)23-14-9-10-17(29-3)18(11-14)30-4/h9-13,15-16H,5-8H2,1-4H3,(H,23,25)/t12-,13?,15?,16?/m0/s1. The fraction of sp³-hybridized carbons (Fsp3) is 0.545. The Kier molecular flexibility index (Phi) is 6.82. The maximum absolute atomic E-state index is 12.7. The molecule has 168 valence electrons. The van der Waals surface area contributed by atoms with Crippen molar-refractivity contribution in [1.29, 1.82) is 0 Å². The van der Waals surface area contributed by atoms with Crippen molar-refractivity contribution in [3.8, 4) is 11.5 Å². The van der Waals surface area contributed by atoms with Crippen molar-refractivity contribution in [2.24, 2.45) is 11.8 Å². The summed E-state index contributed by atoms with van der Waals surface area (Å²) in [6.45, 7) is 2.88. The lowest BCUT2D eigenvalue weighted by Gasteiger charge is -2.23. The van der Waals surface area contributed by atoms with Gasteiger partial charge in [-0.15, -0.1) is 0 Å². The van der Waals surface area contributed by atoms with Gasteiger partial charge in [-0.25, -0.2) is 4.79 Å². The van der Waals surface area contributed by atoms with Crippen LogP contribution in [0.15, 0.2) is 18.2 Å². The molecule has 1 saturated carbocycles. The number of nitrogens with zero attached hydrogens (tertiary/aromatic N) is 1. The van der Waals surface area contributed by atoms with Crippen LogP contribution in [0.5, 0.6) is 11.5 Å². The van der Waals surface area contributed by atoms with E-state index in [0.29, 0.717) is 30.0 Å². The topological polar surface area (TPSA) is 111 Å². The molecule has 2 fully saturated rings. The minimum Gasteiger partial charge on any atom is -0.493 e. The highest BCUT2D eigenvalue weighted by Crippen LogP contribution is 2.39. The van der Waals surface area contributed by atoms with E-state index >= 15 is 0 Å². The first-order chi connectivity index (χ1) is 14.8. The molecule has 1 aromatic rings. The Balaban J connectivity index is 1.61. The van der Waals surface area contributed by atoms with Crippen LogP contribution in [-0.2, 0) is 23.9 Å². The van der Waals surface area contributed by atoms with E-state index in [1.165, 1.54) is 28.1 Å². The van der Waals surface area contributed by atoms with Gasteiger partial charge in [0.2, 0.25) is 11.8 Å². The Morgan fingerprint density at radius 1 is 1.00 bits per heavy atom. The lowest BCUT2D eigenvalue weighted by molar-refractivity contribution is -0.163. The van der Waals surface area contributed by atoms with E-state index in [2.05, 4.69) is 5.32 Å². The van der Waals surface area contributed by atoms with E-state index in [9.17, 15) is 19.2 Å². The number of nitrogens with one attached hydrogen (secondary N) is 1. The van der Waals surface area contributed by atoms with Gasteiger partial charge in [-0.3, -0.25) is 19.3 Å². The molecular weight excluding hydrogens is 404 g/mol. The average Bonchev–Trinajstić information content (AvgIpc) is 3.03. The van der Waals surface area contributed by atoms with Crippen LogP contribution >= 0.6 is 0 Å². The Morgan fingerprint density at radius 3 is 2.13 bits per heavy atom. The zero-order chi connectivity index (χ0) is 22.7. The van der Waals surface area contributed by atoms with Crippen molar-refractivity contribution in [2.45, 2.75) is 51.7 Å². The predicted molar refractivity (Wildman–Crippen MR) is 110 cm³/mol. The third-order valence-corrected chi connectivity index (χ3v) is 5.92. The van der Waals surface area contributed by atoms with Gasteiger partial charge in [-0.1, -0.05) is 12.8 Å². The predicted octanol–water partition coefficient (Wildman–Crippen LogP) is 2.14. The van der Waals surface area contributed by atoms with E-state index < -0.39 is 24.0 Å². The number of hydrogen-bond acceptors (Lipinski definition) is 7. The summed E-state index contributed by atoms with van der Waals surface area (Å²) in [5.74, 6) is -1.73. The quantitative estimate of drug-likeness (QED) is 0.519. The molecule has 0 bridgehead atoms. The molecule has 1 aliphatic heterocycles. The molecule has 4 atom stereocenters. The first-order valence-electron chi connectivity index (χ1n) is 10.4. The SMILES string of the molecule is COc1ccc(NC(=O)C(C)OC(=O)[C@H](C)N2C(=O)C3CCCCC3C2=O)cc1OC. The molecule has 9 nitrogen and oxygen atoms in total. The molecule has 1 N–H and O–H groups in total. The van der Waals surface area contributed by atoms with Crippen LogP contribution in [0.2, 0.25) is 0 Å². The zero-order valence-corrected chi connectivity index (χ0v) is 18.2. The molecule has 3 unspecified atom stereocenters. The first kappa shape index (κ1) is 22.6. The van der Waals surface area contributed by atoms with Gasteiger partial charge in [0.1, 0.15) is 6.04 Å². The van der Waals surface area contributed by atoms with E-state index in [0.717, 1.165) is 17.7 Å². The molecule has 0 spiro atoms. The van der Waals surface area contributed by atoms with Crippen LogP contribution < -0.4 is 14.8 Å². The first-order valence-corrected chi connectivity index (χ1v) is 10.4. The molecule has 0 aromatic heterocycles. The highest BCUT2D eigenvalue weighted by Gasteiger charge is 2.51. The number of hydrogen-bond donors (Lipinski definition) is 1. The number of carbonyl (C=O) groups excluding carboxylic acids is 4. The van der Waals surface area contributed by atoms with Crippen LogP contribution in [0.25, 0.3) is 0 Å². The number of amides is 3. The van der Waals surface area contributed by atoms with Gasteiger partial charge in [0.15, 0.2) is 17.6 Å². The molecule has 2 aliphatic rings. The molecule has 3 rings (SSSR count). The number of imide groups is 1. The van der Waals surface area contributed by atoms with Gasteiger partial charge in [-0.2, -0.15) is 0 Å². The van der Waals surface area contributed by atoms with Crippen molar-refractivity contribution >= 4 is 29.4 Å². The van der Waals surface area contributed by atoms with Crippen molar-refractivity contribution < 1.29 is 33.4 Å². The molecule has 9 heteroatoms. The Bertz CT molecular complexity index is 861. The highest BCUT2D eigenvalue weighted by atomic mass is 16.5. The summed E-state index contributed by atoms with van der Waals surface area (Å²) in [6.07, 6.45) is 2.01. The third-order valence-electron chi connectivity index (χ3n) is 5.92. The number of esters is 1. The number of anilines is 1. The number of likely N-dealkylation sites (tertiary alicyclic amines) is 1. The zero-order valence-electron chi connectivity index (χ0n) is 18.2. The third kappa shape index (κ3) is 4.50. The molecule has 31 heavy (non-hydrogen) atoms. The molecule has 1 heterocycles. The summed E-state index contributed by atoms with van der Waals surface area (Å²) >= 11 is 0. The van der Waals surface area contributed by atoms with E-state index in [1.54, 1.807) is 18.2 Å². The Morgan fingerprint density at radius 2 is 1.58 bits per heavy atom. The van der Waals surface area contributed by atoms with Gasteiger partial charge < -0.3 is 19.5 Å². The van der Waals surface area contributed by atoms with Crippen molar-refractivity contribution in [3.05, 3.63) is 18.2 Å². The number of rotatable bonds is 7. The number of ether oxygens (including phenoxy) is 3. The van der Waals surface area contributed by atoms with Gasteiger partial charge in [0, 0.05) is 11.8 Å². The summed E-state index contributed by atoms with van der Waals surface area (Å²) in [7, 11) is 2.98. The van der Waals surface area contributed by atoms with Gasteiger partial charge in [-0.05, 0) is 38.8 Å². The minimum absolute atomic E-state index is 0.318. The van der Waals surface area contributed by atoms with E-state index in [1.807, 2.05) is 0 Å². The minimum atomic E-state index is -1.13. The monoisotopic (exact) mass is 432 g/mol. The van der Waals surface area contributed by atoms with Crippen LogP contribution in [0.3, 0.4) is 0 Å². The summed E-state index contributed by atoms with van der Waals surface area (Å²) in [5, 5.41) is 2.64. The van der Waals surface area contributed by atoms with Crippen molar-refractivity contribution in [2.75, 3.05) is 19.5 Å². The molecule has 0 radical (unpaired) electrons. The second-order valence-corrected chi connectivity index (χ2v) is 7.86. The summed E-state index contributed by atoms with van der Waals surface area (Å²) < 4.78 is 15.6. The molecule has 1 aliphatic carbocycles. The van der Waals surface area contributed by atoms with Gasteiger partial charge in [0.05, 0.1) is 26.1 Å². The lowest BCUT2D eigenvalue weighted by atomic mass is 9.81. The number of fused-ring (bicyclic) bond motifs is 1. The molecule has 1 aromatic carbocycles.